The number of ether oxygens (including phenoxy) is 2. The van der Waals surface area contributed by atoms with E-state index in [2.05, 4.69) is 10.2 Å². The highest BCUT2D eigenvalue weighted by Crippen LogP contribution is 2.17. The molecule has 0 saturated carbocycles. The third-order valence-electron chi connectivity index (χ3n) is 3.28. The van der Waals surface area contributed by atoms with Gasteiger partial charge in [-0.2, -0.15) is 0 Å². The van der Waals surface area contributed by atoms with Crippen LogP contribution in [-0.2, 0) is 29.0 Å². The Balaban J connectivity index is 1.94. The Labute approximate surface area is 107 Å². The highest BCUT2D eigenvalue weighted by atomic mass is 16.5. The van der Waals surface area contributed by atoms with E-state index < -0.39 is 0 Å². The van der Waals surface area contributed by atoms with Crippen LogP contribution in [0.25, 0.3) is 0 Å². The zero-order valence-electron chi connectivity index (χ0n) is 10.8. The molecule has 0 radical (unpaired) electrons. The first-order chi connectivity index (χ1) is 8.85. The zero-order valence-corrected chi connectivity index (χ0v) is 10.8. The van der Waals surface area contributed by atoms with Crippen LogP contribution in [0.5, 0.6) is 0 Å². The number of aromatic nitrogens is 3. The highest BCUT2D eigenvalue weighted by Gasteiger charge is 2.18. The van der Waals surface area contributed by atoms with E-state index in [-0.39, 0.29) is 6.61 Å². The minimum Gasteiger partial charge on any atom is -0.388 e. The molecule has 0 aromatic carbocycles. The number of aliphatic hydroxyl groups is 1. The van der Waals surface area contributed by atoms with Crippen molar-refractivity contribution in [1.82, 2.24) is 14.8 Å². The fourth-order valence-electron chi connectivity index (χ4n) is 2.28. The molecule has 0 amide bonds. The average molecular weight is 255 g/mol. The Morgan fingerprint density at radius 2 is 2.28 bits per heavy atom. The van der Waals surface area contributed by atoms with E-state index in [9.17, 15) is 5.11 Å². The third kappa shape index (κ3) is 3.28. The summed E-state index contributed by atoms with van der Waals surface area (Å²) >= 11 is 0. The van der Waals surface area contributed by atoms with Crippen molar-refractivity contribution in [2.24, 2.45) is 0 Å². The lowest BCUT2D eigenvalue weighted by atomic mass is 10.1. The van der Waals surface area contributed by atoms with Gasteiger partial charge in [0.1, 0.15) is 12.4 Å². The van der Waals surface area contributed by atoms with Gasteiger partial charge in [0.15, 0.2) is 5.82 Å². The van der Waals surface area contributed by atoms with Crippen molar-refractivity contribution in [3.63, 3.8) is 0 Å². The van der Waals surface area contributed by atoms with Crippen LogP contribution in [-0.4, -0.2) is 46.3 Å². The van der Waals surface area contributed by atoms with Gasteiger partial charge in [-0.3, -0.25) is 0 Å². The van der Waals surface area contributed by atoms with Crippen molar-refractivity contribution in [2.45, 2.75) is 44.9 Å². The fourth-order valence-corrected chi connectivity index (χ4v) is 2.28. The SMILES string of the molecule is COCCn1c(CO)nnc1CCC1CCCO1. The van der Waals surface area contributed by atoms with Crippen LogP contribution >= 0.6 is 0 Å². The number of nitrogens with zero attached hydrogens (tertiary/aromatic N) is 3. The number of hydrogen-bond donors (Lipinski definition) is 1. The van der Waals surface area contributed by atoms with Gasteiger partial charge in [-0.1, -0.05) is 0 Å². The summed E-state index contributed by atoms with van der Waals surface area (Å²) in [5.74, 6) is 1.51. The lowest BCUT2D eigenvalue weighted by Crippen LogP contribution is -2.14. The first kappa shape index (κ1) is 13.5. The monoisotopic (exact) mass is 255 g/mol. The molecule has 2 heterocycles. The van der Waals surface area contributed by atoms with Crippen molar-refractivity contribution in [3.05, 3.63) is 11.6 Å². The maximum absolute atomic E-state index is 9.22. The number of methoxy groups -OCH3 is 1. The summed E-state index contributed by atoms with van der Waals surface area (Å²) in [6.45, 7) is 2.07. The maximum atomic E-state index is 9.22. The smallest absolute Gasteiger partial charge is 0.158 e. The van der Waals surface area contributed by atoms with Gasteiger partial charge < -0.3 is 19.1 Å². The van der Waals surface area contributed by atoms with Gasteiger partial charge in [-0.25, -0.2) is 0 Å². The van der Waals surface area contributed by atoms with E-state index in [0.29, 0.717) is 25.1 Å². The van der Waals surface area contributed by atoms with Crippen molar-refractivity contribution >= 4 is 0 Å². The molecule has 1 aliphatic rings. The number of aryl methyl sites for hydroxylation is 1. The summed E-state index contributed by atoms with van der Waals surface area (Å²) in [5, 5.41) is 17.4. The Hall–Kier alpha value is -0.980. The molecule has 102 valence electrons. The fraction of sp³-hybridized carbons (Fsp3) is 0.833. The van der Waals surface area contributed by atoms with Gasteiger partial charge in [0.05, 0.1) is 12.7 Å². The molecule has 1 aliphatic heterocycles. The molecule has 1 N–H and O–H groups in total. The predicted octanol–water partition coefficient (Wildman–Crippen LogP) is 0.528. The largest absolute Gasteiger partial charge is 0.388 e. The van der Waals surface area contributed by atoms with E-state index in [4.69, 9.17) is 9.47 Å². The van der Waals surface area contributed by atoms with Crippen LogP contribution < -0.4 is 0 Å². The van der Waals surface area contributed by atoms with E-state index in [0.717, 1.165) is 38.1 Å². The molecule has 6 nitrogen and oxygen atoms in total. The van der Waals surface area contributed by atoms with Gasteiger partial charge in [0.2, 0.25) is 0 Å². The van der Waals surface area contributed by atoms with Crippen molar-refractivity contribution in [3.8, 4) is 0 Å². The Bertz CT molecular complexity index is 361. The molecule has 1 aromatic heterocycles. The lowest BCUT2D eigenvalue weighted by Gasteiger charge is -2.11. The van der Waals surface area contributed by atoms with Gasteiger partial charge in [0.25, 0.3) is 0 Å². The molecule has 0 spiro atoms. The molecule has 0 bridgehead atoms. The van der Waals surface area contributed by atoms with Gasteiger partial charge in [-0.15, -0.1) is 10.2 Å². The minimum absolute atomic E-state index is 0.0867. The Kier molecular flexibility index (Phi) is 5.10. The van der Waals surface area contributed by atoms with Crippen LogP contribution in [0.4, 0.5) is 0 Å². The Morgan fingerprint density at radius 1 is 1.44 bits per heavy atom. The highest BCUT2D eigenvalue weighted by molar-refractivity contribution is 4.96. The van der Waals surface area contributed by atoms with Crippen molar-refractivity contribution < 1.29 is 14.6 Å². The van der Waals surface area contributed by atoms with Crippen LogP contribution in [0.3, 0.4) is 0 Å². The predicted molar refractivity (Wildman–Crippen MR) is 65.1 cm³/mol. The second-order valence-corrected chi connectivity index (χ2v) is 4.51. The standard InChI is InChI=1S/C12H21N3O3/c1-17-8-6-15-11(13-14-12(15)9-16)5-4-10-3-2-7-18-10/h10,16H,2-9H2,1H3. The van der Waals surface area contributed by atoms with E-state index in [1.165, 1.54) is 0 Å². The summed E-state index contributed by atoms with van der Waals surface area (Å²) in [6.07, 6.45) is 4.45. The number of aliphatic hydroxyl groups excluding tert-OH is 1. The van der Waals surface area contributed by atoms with Crippen molar-refractivity contribution in [2.75, 3.05) is 20.3 Å². The lowest BCUT2D eigenvalue weighted by molar-refractivity contribution is 0.103. The summed E-state index contributed by atoms with van der Waals surface area (Å²) in [5.41, 5.74) is 0. The van der Waals surface area contributed by atoms with Crippen LogP contribution in [0, 0.1) is 0 Å². The zero-order chi connectivity index (χ0) is 12.8. The minimum atomic E-state index is -0.0867. The third-order valence-corrected chi connectivity index (χ3v) is 3.28. The molecule has 1 saturated heterocycles. The topological polar surface area (TPSA) is 69.4 Å². The maximum Gasteiger partial charge on any atom is 0.158 e. The Morgan fingerprint density at radius 3 is 2.94 bits per heavy atom. The molecule has 18 heavy (non-hydrogen) atoms. The van der Waals surface area contributed by atoms with Crippen molar-refractivity contribution in [1.29, 1.82) is 0 Å². The van der Waals surface area contributed by atoms with Crippen LogP contribution in [0.15, 0.2) is 0 Å². The number of hydrogen-bond acceptors (Lipinski definition) is 5. The molecule has 0 aliphatic carbocycles. The quantitative estimate of drug-likeness (QED) is 0.769. The molecule has 2 rings (SSSR count). The van der Waals surface area contributed by atoms with E-state index >= 15 is 0 Å². The van der Waals surface area contributed by atoms with Gasteiger partial charge >= 0.3 is 0 Å². The summed E-state index contributed by atoms with van der Waals surface area (Å²) < 4.78 is 12.6. The first-order valence-electron chi connectivity index (χ1n) is 6.47. The first-order valence-corrected chi connectivity index (χ1v) is 6.47. The molecular weight excluding hydrogens is 234 g/mol. The summed E-state index contributed by atoms with van der Waals surface area (Å²) in [6, 6.07) is 0. The second kappa shape index (κ2) is 6.82. The molecule has 1 fully saturated rings. The molecule has 1 unspecified atom stereocenters. The molecule has 1 aromatic rings. The molecular formula is C12H21N3O3. The normalized spacial score (nSPS) is 19.6. The average Bonchev–Trinajstić information content (AvgIpc) is 3.03. The van der Waals surface area contributed by atoms with Gasteiger partial charge in [-0.05, 0) is 19.3 Å². The summed E-state index contributed by atoms with van der Waals surface area (Å²) in [7, 11) is 1.66. The van der Waals surface area contributed by atoms with E-state index in [1.54, 1.807) is 7.11 Å². The summed E-state index contributed by atoms with van der Waals surface area (Å²) in [4.78, 5) is 0. The second-order valence-electron chi connectivity index (χ2n) is 4.51. The van der Waals surface area contributed by atoms with Crippen LogP contribution in [0.2, 0.25) is 0 Å². The van der Waals surface area contributed by atoms with Crippen LogP contribution in [0.1, 0.15) is 30.9 Å². The number of rotatable bonds is 7. The molecule has 1 atom stereocenters. The van der Waals surface area contributed by atoms with E-state index in [1.807, 2.05) is 4.57 Å². The molecule has 6 heteroatoms. The van der Waals surface area contributed by atoms with Gasteiger partial charge in [0, 0.05) is 26.7 Å².